The van der Waals surface area contributed by atoms with Crippen LogP contribution in [0.1, 0.15) is 11.1 Å². The van der Waals surface area contributed by atoms with Gasteiger partial charge in [0.25, 0.3) is 0 Å². The Morgan fingerprint density at radius 3 is 2.38 bits per heavy atom. The number of hydrogen-bond acceptors (Lipinski definition) is 6. The zero-order valence-corrected chi connectivity index (χ0v) is 13.0. The number of hydrogen-bond donors (Lipinski definition) is 0. The van der Waals surface area contributed by atoms with Gasteiger partial charge in [0.1, 0.15) is 0 Å². The lowest BCUT2D eigenvalue weighted by Crippen LogP contribution is -2.09. The van der Waals surface area contributed by atoms with Gasteiger partial charge in [-0.1, -0.05) is 11.8 Å². The number of nitrogens with zero attached hydrogens (tertiary/aromatic N) is 3. The highest BCUT2D eigenvalue weighted by atomic mass is 32.2. The Morgan fingerprint density at radius 1 is 1.19 bits per heavy atom. The SMILES string of the molecule is Cc1cnc(SCCS(=O)(=O)c2ccc(C#N)cc2)nc1. The van der Waals surface area contributed by atoms with Gasteiger partial charge in [0.15, 0.2) is 15.0 Å². The highest BCUT2D eigenvalue weighted by Gasteiger charge is 2.14. The summed E-state index contributed by atoms with van der Waals surface area (Å²) in [6, 6.07) is 7.88. The number of aryl methyl sites for hydroxylation is 1. The van der Waals surface area contributed by atoms with Crippen LogP contribution in [0.5, 0.6) is 0 Å². The van der Waals surface area contributed by atoms with Crippen molar-refractivity contribution in [3.05, 3.63) is 47.8 Å². The molecular weight excluding hydrogens is 306 g/mol. The Morgan fingerprint density at radius 2 is 1.81 bits per heavy atom. The van der Waals surface area contributed by atoms with Gasteiger partial charge < -0.3 is 0 Å². The van der Waals surface area contributed by atoms with E-state index < -0.39 is 9.84 Å². The van der Waals surface area contributed by atoms with E-state index >= 15 is 0 Å². The van der Waals surface area contributed by atoms with Crippen molar-refractivity contribution in [3.8, 4) is 6.07 Å². The highest BCUT2D eigenvalue weighted by molar-refractivity contribution is 8.00. The van der Waals surface area contributed by atoms with E-state index in [0.717, 1.165) is 5.56 Å². The average Bonchev–Trinajstić information content (AvgIpc) is 2.49. The van der Waals surface area contributed by atoms with Crippen LogP contribution in [0.25, 0.3) is 0 Å². The standard InChI is InChI=1S/C14H13N3O2S2/c1-11-9-16-14(17-10-11)20-6-7-21(18,19)13-4-2-12(8-15)3-5-13/h2-5,9-10H,6-7H2,1H3. The molecule has 0 aliphatic heterocycles. The maximum atomic E-state index is 12.1. The van der Waals surface area contributed by atoms with Gasteiger partial charge in [0.05, 0.1) is 22.3 Å². The van der Waals surface area contributed by atoms with Crippen LogP contribution in [0.3, 0.4) is 0 Å². The first-order chi connectivity index (χ1) is 10.0. The Kier molecular flexibility index (Phi) is 4.94. The zero-order chi connectivity index (χ0) is 15.3. The predicted octanol–water partition coefficient (Wildman–Crippen LogP) is 2.22. The molecule has 0 aliphatic carbocycles. The summed E-state index contributed by atoms with van der Waals surface area (Å²) in [5.74, 6) is 0.381. The van der Waals surface area contributed by atoms with Crippen LogP contribution in [-0.2, 0) is 9.84 Å². The van der Waals surface area contributed by atoms with Crippen LogP contribution in [0.4, 0.5) is 0 Å². The van der Waals surface area contributed by atoms with Crippen LogP contribution in [0, 0.1) is 18.3 Å². The fourth-order valence-electron chi connectivity index (χ4n) is 1.55. The van der Waals surface area contributed by atoms with Gasteiger partial charge in [0.2, 0.25) is 0 Å². The molecule has 21 heavy (non-hydrogen) atoms. The highest BCUT2D eigenvalue weighted by Crippen LogP contribution is 2.17. The van der Waals surface area contributed by atoms with Crippen molar-refractivity contribution in [1.82, 2.24) is 9.97 Å². The normalized spacial score (nSPS) is 11.0. The summed E-state index contributed by atoms with van der Waals surface area (Å²) in [6.07, 6.45) is 3.40. The third-order valence-electron chi connectivity index (χ3n) is 2.68. The number of nitriles is 1. The van der Waals surface area contributed by atoms with E-state index in [-0.39, 0.29) is 10.6 Å². The Labute approximate surface area is 128 Å². The number of aromatic nitrogens is 2. The molecule has 0 saturated heterocycles. The van der Waals surface area contributed by atoms with Gasteiger partial charge in [-0.25, -0.2) is 18.4 Å². The van der Waals surface area contributed by atoms with E-state index in [4.69, 9.17) is 5.26 Å². The molecular formula is C14H13N3O2S2. The minimum atomic E-state index is -3.35. The number of benzene rings is 1. The molecule has 0 radical (unpaired) electrons. The number of sulfone groups is 1. The molecule has 1 aromatic carbocycles. The van der Waals surface area contributed by atoms with Crippen molar-refractivity contribution < 1.29 is 8.42 Å². The summed E-state index contributed by atoms with van der Waals surface area (Å²) in [5, 5.41) is 9.27. The molecule has 0 spiro atoms. The summed E-state index contributed by atoms with van der Waals surface area (Å²) < 4.78 is 24.3. The maximum Gasteiger partial charge on any atom is 0.187 e. The molecule has 2 rings (SSSR count). The third-order valence-corrected chi connectivity index (χ3v) is 5.55. The lowest BCUT2D eigenvalue weighted by molar-refractivity contribution is 0.597. The van der Waals surface area contributed by atoms with Crippen LogP contribution in [-0.4, -0.2) is 29.9 Å². The molecule has 108 valence electrons. The van der Waals surface area contributed by atoms with Gasteiger partial charge >= 0.3 is 0 Å². The molecule has 2 aromatic rings. The summed E-state index contributed by atoms with van der Waals surface area (Å²) in [4.78, 5) is 8.46. The fourth-order valence-corrected chi connectivity index (χ4v) is 3.99. The molecule has 0 saturated carbocycles. The number of rotatable bonds is 5. The molecule has 0 atom stereocenters. The van der Waals surface area contributed by atoms with Gasteiger partial charge in [-0.15, -0.1) is 0 Å². The molecule has 0 fully saturated rings. The van der Waals surface area contributed by atoms with Crippen LogP contribution >= 0.6 is 11.8 Å². The van der Waals surface area contributed by atoms with Crippen LogP contribution < -0.4 is 0 Å². The summed E-state index contributed by atoms with van der Waals surface area (Å²) >= 11 is 1.30. The molecule has 0 bridgehead atoms. The van der Waals surface area contributed by atoms with E-state index in [2.05, 4.69) is 9.97 Å². The van der Waals surface area contributed by atoms with E-state index in [0.29, 0.717) is 16.5 Å². The predicted molar refractivity (Wildman–Crippen MR) is 80.7 cm³/mol. The molecule has 0 amide bonds. The largest absolute Gasteiger partial charge is 0.231 e. The second-order valence-corrected chi connectivity index (χ2v) is 7.52. The quantitative estimate of drug-likeness (QED) is 0.620. The first-order valence-corrected chi connectivity index (χ1v) is 8.79. The third kappa shape index (κ3) is 4.28. The minimum Gasteiger partial charge on any atom is -0.231 e. The van der Waals surface area contributed by atoms with Crippen molar-refractivity contribution in [2.75, 3.05) is 11.5 Å². The van der Waals surface area contributed by atoms with Crippen LogP contribution in [0.15, 0.2) is 46.7 Å². The zero-order valence-electron chi connectivity index (χ0n) is 11.4. The second-order valence-electron chi connectivity index (χ2n) is 4.35. The maximum absolute atomic E-state index is 12.1. The Hall–Kier alpha value is -1.91. The van der Waals surface area contributed by atoms with E-state index in [1.807, 2.05) is 13.0 Å². The van der Waals surface area contributed by atoms with Crippen molar-refractivity contribution >= 4 is 21.6 Å². The molecule has 0 aliphatic rings. The molecule has 7 heteroatoms. The van der Waals surface area contributed by atoms with Crippen molar-refractivity contribution in [3.63, 3.8) is 0 Å². The topological polar surface area (TPSA) is 83.7 Å². The summed E-state index contributed by atoms with van der Waals surface area (Å²) in [5.41, 5.74) is 1.40. The smallest absolute Gasteiger partial charge is 0.187 e. The Balaban J connectivity index is 1.97. The first kappa shape index (κ1) is 15.5. The average molecular weight is 319 g/mol. The van der Waals surface area contributed by atoms with E-state index in [9.17, 15) is 8.42 Å². The number of thioether (sulfide) groups is 1. The van der Waals surface area contributed by atoms with Gasteiger partial charge in [-0.2, -0.15) is 5.26 Å². The minimum absolute atomic E-state index is 0.000797. The molecule has 1 heterocycles. The monoisotopic (exact) mass is 319 g/mol. The summed E-state index contributed by atoms with van der Waals surface area (Å²) in [6.45, 7) is 1.89. The van der Waals surface area contributed by atoms with Gasteiger partial charge in [-0.3, -0.25) is 0 Å². The van der Waals surface area contributed by atoms with Crippen molar-refractivity contribution in [2.45, 2.75) is 17.0 Å². The molecule has 0 N–H and O–H groups in total. The van der Waals surface area contributed by atoms with Gasteiger partial charge in [-0.05, 0) is 36.8 Å². The molecule has 0 unspecified atom stereocenters. The lowest BCUT2D eigenvalue weighted by Gasteiger charge is -2.04. The fraction of sp³-hybridized carbons (Fsp3) is 0.214. The lowest BCUT2D eigenvalue weighted by atomic mass is 10.2. The van der Waals surface area contributed by atoms with Crippen LogP contribution in [0.2, 0.25) is 0 Å². The van der Waals surface area contributed by atoms with E-state index in [1.54, 1.807) is 12.4 Å². The Bertz CT molecular complexity index is 748. The first-order valence-electron chi connectivity index (χ1n) is 6.15. The summed E-state index contributed by atoms with van der Waals surface area (Å²) in [7, 11) is -3.35. The second kappa shape index (κ2) is 6.70. The molecule has 1 aromatic heterocycles. The van der Waals surface area contributed by atoms with Crippen molar-refractivity contribution in [1.29, 1.82) is 5.26 Å². The van der Waals surface area contributed by atoms with Crippen molar-refractivity contribution in [2.24, 2.45) is 0 Å². The van der Waals surface area contributed by atoms with E-state index in [1.165, 1.54) is 36.0 Å². The molecule has 5 nitrogen and oxygen atoms in total. The van der Waals surface area contributed by atoms with Gasteiger partial charge in [0, 0.05) is 18.1 Å².